The second-order valence-electron chi connectivity index (χ2n) is 5.97. The van der Waals surface area contributed by atoms with Crippen molar-refractivity contribution >= 4 is 34.3 Å². The number of carbonyl (C=O) groups excluding carboxylic acids is 1. The van der Waals surface area contributed by atoms with Crippen molar-refractivity contribution in [1.29, 1.82) is 0 Å². The van der Waals surface area contributed by atoms with Gasteiger partial charge in [-0.25, -0.2) is 4.79 Å². The third kappa shape index (κ3) is 6.37. The van der Waals surface area contributed by atoms with Crippen molar-refractivity contribution in [2.75, 3.05) is 26.1 Å². The van der Waals surface area contributed by atoms with Gasteiger partial charge in [-0.15, -0.1) is 10.2 Å². The summed E-state index contributed by atoms with van der Waals surface area (Å²) in [5, 5.41) is 14.2. The summed E-state index contributed by atoms with van der Waals surface area (Å²) in [6.07, 6.45) is 0.775. The zero-order chi connectivity index (χ0) is 20.5. The van der Waals surface area contributed by atoms with Crippen LogP contribution in [0.3, 0.4) is 0 Å². The van der Waals surface area contributed by atoms with Crippen LogP contribution in [0.25, 0.3) is 0 Å². The first-order valence-corrected chi connectivity index (χ1v) is 10.7. The number of amides is 2. The highest BCUT2D eigenvalue weighted by Crippen LogP contribution is 2.32. The first-order valence-electron chi connectivity index (χ1n) is 8.94. The number of hydrogen-bond donors (Lipinski definition) is 2. The molecular formula is C20H22N4O3S2. The predicted molar refractivity (Wildman–Crippen MR) is 116 cm³/mol. The molecule has 9 heteroatoms. The third-order valence-electron chi connectivity index (χ3n) is 3.98. The van der Waals surface area contributed by atoms with E-state index in [0.29, 0.717) is 28.9 Å². The van der Waals surface area contributed by atoms with E-state index in [1.165, 1.54) is 16.9 Å². The normalized spacial score (nSPS) is 10.4. The maximum absolute atomic E-state index is 12.0. The van der Waals surface area contributed by atoms with Crippen LogP contribution in [0.4, 0.5) is 9.93 Å². The number of thioether (sulfide) groups is 1. The molecule has 29 heavy (non-hydrogen) atoms. The van der Waals surface area contributed by atoms with E-state index in [1.54, 1.807) is 26.0 Å². The summed E-state index contributed by atoms with van der Waals surface area (Å²) in [7, 11) is 3.22. The smallest absolute Gasteiger partial charge is 0.321 e. The number of nitrogens with one attached hydrogen (secondary N) is 2. The molecule has 2 amide bonds. The summed E-state index contributed by atoms with van der Waals surface area (Å²) in [5.74, 6) is 2.09. The summed E-state index contributed by atoms with van der Waals surface area (Å²) in [5.41, 5.74) is 2.26. The first-order chi connectivity index (χ1) is 14.2. The number of carbonyl (C=O) groups is 1. The Labute approximate surface area is 177 Å². The summed E-state index contributed by atoms with van der Waals surface area (Å²) >= 11 is 2.89. The van der Waals surface area contributed by atoms with Crippen molar-refractivity contribution in [3.05, 3.63) is 59.7 Å². The highest BCUT2D eigenvalue weighted by molar-refractivity contribution is 8.00. The van der Waals surface area contributed by atoms with Gasteiger partial charge in [0, 0.05) is 12.3 Å². The van der Waals surface area contributed by atoms with Crippen molar-refractivity contribution in [1.82, 2.24) is 15.5 Å². The van der Waals surface area contributed by atoms with Crippen molar-refractivity contribution in [3.8, 4) is 11.5 Å². The second-order valence-corrected chi connectivity index (χ2v) is 8.17. The average Bonchev–Trinajstić information content (AvgIpc) is 3.20. The number of methoxy groups -OCH3 is 2. The number of rotatable bonds is 9. The molecule has 0 unspecified atom stereocenters. The fourth-order valence-electron chi connectivity index (χ4n) is 2.54. The third-order valence-corrected chi connectivity index (χ3v) is 6.02. The minimum absolute atomic E-state index is 0.284. The summed E-state index contributed by atoms with van der Waals surface area (Å²) in [6.45, 7) is 0.551. The number of ether oxygens (including phenoxy) is 2. The van der Waals surface area contributed by atoms with Crippen LogP contribution < -0.4 is 20.1 Å². The maximum atomic E-state index is 12.0. The molecule has 1 heterocycles. The van der Waals surface area contributed by atoms with Crippen LogP contribution in [0.1, 0.15) is 11.1 Å². The molecule has 3 rings (SSSR count). The molecule has 1 aromatic heterocycles. The topological polar surface area (TPSA) is 85.4 Å². The Hall–Kier alpha value is -2.78. The molecule has 3 aromatic rings. The molecule has 0 aliphatic heterocycles. The number of aromatic nitrogens is 2. The van der Waals surface area contributed by atoms with Gasteiger partial charge in [0.25, 0.3) is 0 Å². The van der Waals surface area contributed by atoms with E-state index in [4.69, 9.17) is 9.47 Å². The molecule has 0 aliphatic carbocycles. The molecule has 0 aliphatic rings. The van der Waals surface area contributed by atoms with Crippen molar-refractivity contribution < 1.29 is 14.3 Å². The van der Waals surface area contributed by atoms with E-state index in [0.717, 1.165) is 16.3 Å². The number of benzene rings is 2. The van der Waals surface area contributed by atoms with E-state index in [1.807, 2.05) is 48.5 Å². The molecule has 7 nitrogen and oxygen atoms in total. The first kappa shape index (κ1) is 20.9. The maximum Gasteiger partial charge on any atom is 0.321 e. The van der Waals surface area contributed by atoms with Gasteiger partial charge in [-0.2, -0.15) is 0 Å². The van der Waals surface area contributed by atoms with Crippen molar-refractivity contribution in [3.63, 3.8) is 0 Å². The highest BCUT2D eigenvalue weighted by Gasteiger charge is 2.10. The van der Waals surface area contributed by atoms with Gasteiger partial charge in [-0.1, -0.05) is 59.5 Å². The Morgan fingerprint density at radius 2 is 1.83 bits per heavy atom. The lowest BCUT2D eigenvalue weighted by Gasteiger charge is -2.08. The lowest BCUT2D eigenvalue weighted by Crippen LogP contribution is -2.30. The van der Waals surface area contributed by atoms with Gasteiger partial charge in [0.2, 0.25) is 5.13 Å². The van der Waals surface area contributed by atoms with Crippen LogP contribution in [0.5, 0.6) is 11.5 Å². The summed E-state index contributed by atoms with van der Waals surface area (Å²) in [6, 6.07) is 15.5. The fourth-order valence-corrected chi connectivity index (χ4v) is 4.23. The van der Waals surface area contributed by atoms with Crippen LogP contribution in [0.15, 0.2) is 52.9 Å². The Bertz CT molecular complexity index is 934. The lowest BCUT2D eigenvalue weighted by atomic mass is 10.1. The van der Waals surface area contributed by atoms with E-state index in [-0.39, 0.29) is 6.03 Å². The molecule has 0 bridgehead atoms. The Kier molecular flexibility index (Phi) is 7.71. The van der Waals surface area contributed by atoms with Crippen LogP contribution in [-0.2, 0) is 12.2 Å². The molecule has 0 spiro atoms. The van der Waals surface area contributed by atoms with Gasteiger partial charge < -0.3 is 14.8 Å². The minimum Gasteiger partial charge on any atom is -0.493 e. The predicted octanol–water partition coefficient (Wildman–Crippen LogP) is 4.21. The molecule has 0 fully saturated rings. The van der Waals surface area contributed by atoms with E-state index in [2.05, 4.69) is 20.8 Å². The number of hydrogen-bond acceptors (Lipinski definition) is 7. The largest absolute Gasteiger partial charge is 0.493 e. The molecule has 152 valence electrons. The highest BCUT2D eigenvalue weighted by atomic mass is 32.2. The molecular weight excluding hydrogens is 408 g/mol. The fraction of sp³-hybridized carbons (Fsp3) is 0.250. The second kappa shape index (κ2) is 10.7. The number of nitrogens with zero attached hydrogens (tertiary/aromatic N) is 2. The SMILES string of the molecule is COc1ccc(CSc2nnc(NC(=O)NCCc3ccccc3)s2)cc1OC. The molecule has 0 atom stereocenters. The van der Waals surface area contributed by atoms with E-state index >= 15 is 0 Å². The molecule has 2 aromatic carbocycles. The average molecular weight is 431 g/mol. The number of urea groups is 1. The summed E-state index contributed by atoms with van der Waals surface area (Å²) in [4.78, 5) is 12.0. The van der Waals surface area contributed by atoms with E-state index in [9.17, 15) is 4.79 Å². The van der Waals surface area contributed by atoms with Gasteiger partial charge in [-0.3, -0.25) is 5.32 Å². The van der Waals surface area contributed by atoms with Crippen LogP contribution in [-0.4, -0.2) is 37.0 Å². The lowest BCUT2D eigenvalue weighted by molar-refractivity contribution is 0.252. The Morgan fingerprint density at radius 1 is 1.03 bits per heavy atom. The van der Waals surface area contributed by atoms with E-state index < -0.39 is 0 Å². The monoisotopic (exact) mass is 430 g/mol. The zero-order valence-corrected chi connectivity index (χ0v) is 17.8. The minimum atomic E-state index is -0.284. The van der Waals surface area contributed by atoms with Gasteiger partial charge >= 0.3 is 6.03 Å². The van der Waals surface area contributed by atoms with Crippen LogP contribution >= 0.6 is 23.1 Å². The zero-order valence-electron chi connectivity index (χ0n) is 16.2. The summed E-state index contributed by atoms with van der Waals surface area (Å²) < 4.78 is 11.3. The standard InChI is InChI=1S/C20H22N4O3S2/c1-26-16-9-8-15(12-17(16)27-2)13-28-20-24-23-19(29-20)22-18(25)21-11-10-14-6-4-3-5-7-14/h3-9,12H,10-11,13H2,1-2H3,(H2,21,22,23,25). The van der Waals surface area contributed by atoms with Crippen LogP contribution in [0.2, 0.25) is 0 Å². The van der Waals surface area contributed by atoms with Crippen molar-refractivity contribution in [2.24, 2.45) is 0 Å². The van der Waals surface area contributed by atoms with Gasteiger partial charge in [0.1, 0.15) is 0 Å². The Balaban J connectivity index is 1.45. The quantitative estimate of drug-likeness (QED) is 0.391. The molecule has 0 radical (unpaired) electrons. The van der Waals surface area contributed by atoms with Crippen molar-refractivity contribution in [2.45, 2.75) is 16.5 Å². The van der Waals surface area contributed by atoms with Gasteiger partial charge in [0.05, 0.1) is 14.2 Å². The van der Waals surface area contributed by atoms with Gasteiger partial charge in [-0.05, 0) is 29.7 Å². The Morgan fingerprint density at radius 3 is 2.59 bits per heavy atom. The molecule has 0 saturated heterocycles. The molecule has 2 N–H and O–H groups in total. The van der Waals surface area contributed by atoms with Crippen LogP contribution in [0, 0.1) is 0 Å². The van der Waals surface area contributed by atoms with Gasteiger partial charge in [0.15, 0.2) is 15.8 Å². The molecule has 0 saturated carbocycles. The number of anilines is 1.